The third-order valence-corrected chi connectivity index (χ3v) is 5.61. The number of aromatic hydroxyl groups is 1. The Morgan fingerprint density at radius 3 is 1.24 bits per heavy atom. The standard InChI is InChI=1S/C30H26O4/c1-30(2,3)24-12-4-20(5-13-24)28(32)22-8-16-26(17-9-22)34-27-18-10-23(11-19-27)29(33)21-6-14-25(31)15-7-21/h4-19,31H,1-3H3. The van der Waals surface area contributed by atoms with Crippen LogP contribution in [0.3, 0.4) is 0 Å². The molecule has 0 aliphatic heterocycles. The molecule has 4 rings (SSSR count). The van der Waals surface area contributed by atoms with Crippen LogP contribution in [0.15, 0.2) is 97.1 Å². The van der Waals surface area contributed by atoms with E-state index < -0.39 is 0 Å². The lowest BCUT2D eigenvalue weighted by Gasteiger charge is -2.19. The highest BCUT2D eigenvalue weighted by molar-refractivity contribution is 6.09. The Labute approximate surface area is 199 Å². The Morgan fingerprint density at radius 1 is 0.559 bits per heavy atom. The Balaban J connectivity index is 1.42. The van der Waals surface area contributed by atoms with Gasteiger partial charge >= 0.3 is 0 Å². The van der Waals surface area contributed by atoms with E-state index in [-0.39, 0.29) is 22.7 Å². The van der Waals surface area contributed by atoms with Crippen LogP contribution in [0.4, 0.5) is 0 Å². The molecule has 0 saturated carbocycles. The summed E-state index contributed by atoms with van der Waals surface area (Å²) < 4.78 is 5.87. The molecule has 0 saturated heterocycles. The first-order valence-corrected chi connectivity index (χ1v) is 11.1. The minimum atomic E-state index is -0.134. The van der Waals surface area contributed by atoms with Crippen LogP contribution in [0, 0.1) is 0 Å². The first-order valence-electron chi connectivity index (χ1n) is 11.1. The van der Waals surface area contributed by atoms with E-state index in [1.807, 2.05) is 24.3 Å². The van der Waals surface area contributed by atoms with Gasteiger partial charge in [0.25, 0.3) is 0 Å². The lowest BCUT2D eigenvalue weighted by atomic mass is 9.86. The van der Waals surface area contributed by atoms with Crippen LogP contribution < -0.4 is 4.74 Å². The zero-order valence-corrected chi connectivity index (χ0v) is 19.4. The van der Waals surface area contributed by atoms with E-state index in [1.54, 1.807) is 60.7 Å². The highest BCUT2D eigenvalue weighted by Gasteiger charge is 2.15. The summed E-state index contributed by atoms with van der Waals surface area (Å²) in [6, 6.07) is 27.7. The Bertz CT molecular complexity index is 1290. The number of rotatable bonds is 6. The maximum atomic E-state index is 12.8. The summed E-state index contributed by atoms with van der Waals surface area (Å²) in [5.74, 6) is 1.12. The molecule has 170 valence electrons. The molecule has 0 spiro atoms. The molecule has 0 aliphatic carbocycles. The van der Waals surface area contributed by atoms with Crippen molar-refractivity contribution in [3.63, 3.8) is 0 Å². The second-order valence-corrected chi connectivity index (χ2v) is 9.18. The fourth-order valence-electron chi connectivity index (χ4n) is 3.55. The van der Waals surface area contributed by atoms with Crippen molar-refractivity contribution in [2.45, 2.75) is 26.2 Å². The molecule has 0 aliphatic rings. The summed E-state index contributed by atoms with van der Waals surface area (Å²) in [5, 5.41) is 9.38. The number of hydrogen-bond donors (Lipinski definition) is 1. The maximum Gasteiger partial charge on any atom is 0.193 e. The van der Waals surface area contributed by atoms with Gasteiger partial charge in [-0.1, -0.05) is 45.0 Å². The maximum absolute atomic E-state index is 12.8. The van der Waals surface area contributed by atoms with E-state index in [9.17, 15) is 14.7 Å². The van der Waals surface area contributed by atoms with Crippen LogP contribution in [0.5, 0.6) is 17.2 Å². The molecule has 0 aromatic heterocycles. The van der Waals surface area contributed by atoms with Crippen molar-refractivity contribution >= 4 is 11.6 Å². The molecule has 34 heavy (non-hydrogen) atoms. The number of carbonyl (C=O) groups is 2. The van der Waals surface area contributed by atoms with Gasteiger partial charge < -0.3 is 9.84 Å². The number of benzene rings is 4. The summed E-state index contributed by atoms with van der Waals surface area (Å²) in [6.07, 6.45) is 0. The van der Waals surface area contributed by atoms with Crippen molar-refractivity contribution in [2.24, 2.45) is 0 Å². The summed E-state index contributed by atoms with van der Waals surface area (Å²) in [5.41, 5.74) is 3.48. The van der Waals surface area contributed by atoms with Gasteiger partial charge in [0, 0.05) is 22.3 Å². The van der Waals surface area contributed by atoms with Gasteiger partial charge in [0.05, 0.1) is 0 Å². The molecule has 4 nitrogen and oxygen atoms in total. The molecule has 1 N–H and O–H groups in total. The normalized spacial score (nSPS) is 11.1. The topological polar surface area (TPSA) is 63.6 Å². The molecule has 0 radical (unpaired) electrons. The average Bonchev–Trinajstić information content (AvgIpc) is 2.84. The van der Waals surface area contributed by atoms with Crippen molar-refractivity contribution in [3.05, 3.63) is 125 Å². The van der Waals surface area contributed by atoms with Crippen molar-refractivity contribution in [1.82, 2.24) is 0 Å². The molecule has 0 fully saturated rings. The van der Waals surface area contributed by atoms with E-state index in [1.165, 1.54) is 17.7 Å². The van der Waals surface area contributed by atoms with E-state index in [0.29, 0.717) is 33.8 Å². The molecule has 4 heteroatoms. The number of ether oxygens (including phenoxy) is 1. The fourth-order valence-corrected chi connectivity index (χ4v) is 3.55. The van der Waals surface area contributed by atoms with Gasteiger partial charge in [-0.15, -0.1) is 0 Å². The van der Waals surface area contributed by atoms with Gasteiger partial charge in [-0.3, -0.25) is 9.59 Å². The minimum Gasteiger partial charge on any atom is -0.508 e. The number of phenols is 1. The predicted octanol–water partition coefficient (Wildman–Crippen LogP) is 6.94. The number of carbonyl (C=O) groups excluding carboxylic acids is 2. The van der Waals surface area contributed by atoms with Crippen LogP contribution in [0.25, 0.3) is 0 Å². The molecular weight excluding hydrogens is 424 g/mol. The highest BCUT2D eigenvalue weighted by atomic mass is 16.5. The summed E-state index contributed by atoms with van der Waals surface area (Å²) >= 11 is 0. The number of ketones is 2. The van der Waals surface area contributed by atoms with E-state index >= 15 is 0 Å². The first kappa shape index (κ1) is 23.0. The van der Waals surface area contributed by atoms with E-state index in [0.717, 1.165) is 0 Å². The minimum absolute atomic E-state index is 0.0379. The predicted molar refractivity (Wildman–Crippen MR) is 133 cm³/mol. The Kier molecular flexibility index (Phi) is 6.33. The van der Waals surface area contributed by atoms with Gasteiger partial charge in [0.1, 0.15) is 17.2 Å². The summed E-state index contributed by atoms with van der Waals surface area (Å²) in [6.45, 7) is 6.43. The molecule has 4 aromatic carbocycles. The Hall–Kier alpha value is -4.18. The van der Waals surface area contributed by atoms with Gasteiger partial charge in [0.2, 0.25) is 0 Å². The van der Waals surface area contributed by atoms with Crippen LogP contribution in [-0.2, 0) is 5.41 Å². The molecule has 0 amide bonds. The van der Waals surface area contributed by atoms with Crippen LogP contribution in [0.1, 0.15) is 58.2 Å². The SMILES string of the molecule is CC(C)(C)c1ccc(C(=O)c2ccc(Oc3ccc(C(=O)c4ccc(O)cc4)cc3)cc2)cc1. The molecule has 0 bridgehead atoms. The van der Waals surface area contributed by atoms with Gasteiger partial charge in [0.15, 0.2) is 11.6 Å². The van der Waals surface area contributed by atoms with Gasteiger partial charge in [-0.25, -0.2) is 0 Å². The molecule has 0 unspecified atom stereocenters. The highest BCUT2D eigenvalue weighted by Crippen LogP contribution is 2.25. The van der Waals surface area contributed by atoms with Crippen molar-refractivity contribution in [1.29, 1.82) is 0 Å². The van der Waals surface area contributed by atoms with Crippen LogP contribution >= 0.6 is 0 Å². The molecular formula is C30H26O4. The lowest BCUT2D eigenvalue weighted by molar-refractivity contribution is 0.103. The van der Waals surface area contributed by atoms with Crippen molar-refractivity contribution in [3.8, 4) is 17.2 Å². The smallest absolute Gasteiger partial charge is 0.193 e. The van der Waals surface area contributed by atoms with Crippen LogP contribution in [-0.4, -0.2) is 16.7 Å². The fraction of sp³-hybridized carbons (Fsp3) is 0.133. The number of phenolic OH excluding ortho intramolecular Hbond substituents is 1. The molecule has 0 heterocycles. The third-order valence-electron chi connectivity index (χ3n) is 5.61. The second-order valence-electron chi connectivity index (χ2n) is 9.18. The van der Waals surface area contributed by atoms with E-state index in [4.69, 9.17) is 4.74 Å². The summed E-state index contributed by atoms with van der Waals surface area (Å²) in [4.78, 5) is 25.4. The van der Waals surface area contributed by atoms with Crippen molar-refractivity contribution in [2.75, 3.05) is 0 Å². The number of hydrogen-bond acceptors (Lipinski definition) is 4. The van der Waals surface area contributed by atoms with E-state index in [2.05, 4.69) is 20.8 Å². The second kappa shape index (κ2) is 9.36. The largest absolute Gasteiger partial charge is 0.508 e. The van der Waals surface area contributed by atoms with Gasteiger partial charge in [-0.2, -0.15) is 0 Å². The summed E-state index contributed by atoms with van der Waals surface area (Å²) in [7, 11) is 0. The van der Waals surface area contributed by atoms with Crippen molar-refractivity contribution < 1.29 is 19.4 Å². The van der Waals surface area contributed by atoms with Crippen LogP contribution in [0.2, 0.25) is 0 Å². The zero-order valence-electron chi connectivity index (χ0n) is 19.4. The average molecular weight is 451 g/mol. The molecule has 4 aromatic rings. The first-order chi connectivity index (χ1) is 16.2. The molecule has 0 atom stereocenters. The quantitative estimate of drug-likeness (QED) is 0.323. The monoisotopic (exact) mass is 450 g/mol. The Morgan fingerprint density at radius 2 is 0.882 bits per heavy atom. The van der Waals surface area contributed by atoms with Gasteiger partial charge in [-0.05, 0) is 83.8 Å². The lowest BCUT2D eigenvalue weighted by Crippen LogP contribution is -2.11. The third kappa shape index (κ3) is 5.24. The zero-order chi connectivity index (χ0) is 24.3.